The summed E-state index contributed by atoms with van der Waals surface area (Å²) in [5, 5.41) is 23.7. The van der Waals surface area contributed by atoms with Gasteiger partial charge in [-0.15, -0.1) is 0 Å². The summed E-state index contributed by atoms with van der Waals surface area (Å²) in [5.74, 6) is 0.0392. The van der Waals surface area contributed by atoms with Crippen LogP contribution in [0.4, 0.5) is 0 Å². The predicted molar refractivity (Wildman–Crippen MR) is 144 cm³/mol. The lowest BCUT2D eigenvalue weighted by Gasteiger charge is -2.28. The minimum Gasteiger partial charge on any atom is -0.481 e. The number of aryl methyl sites for hydroxylation is 1. The lowest BCUT2D eigenvalue weighted by molar-refractivity contribution is -0.137. The molecule has 0 spiro atoms. The number of carboxylic acids is 1. The maximum atomic E-state index is 11.2. The van der Waals surface area contributed by atoms with E-state index in [-0.39, 0.29) is 23.9 Å². The number of aliphatic hydroxyl groups is 1. The van der Waals surface area contributed by atoms with Gasteiger partial charge in [-0.05, 0) is 54.9 Å². The third-order valence-corrected chi connectivity index (χ3v) is 8.05. The van der Waals surface area contributed by atoms with Crippen molar-refractivity contribution >= 4 is 5.97 Å². The Morgan fingerprint density at radius 3 is 2.11 bits per heavy atom. The van der Waals surface area contributed by atoms with E-state index < -0.39 is 5.97 Å². The van der Waals surface area contributed by atoms with Gasteiger partial charge in [0.05, 0.1) is 18.7 Å². The zero-order valence-electron chi connectivity index (χ0n) is 21.4. The zero-order chi connectivity index (χ0) is 26.0. The number of benzene rings is 3. The van der Waals surface area contributed by atoms with Gasteiger partial charge < -0.3 is 14.7 Å². The number of rotatable bonds is 10. The van der Waals surface area contributed by atoms with Crippen molar-refractivity contribution in [2.45, 2.75) is 56.8 Å². The summed E-state index contributed by atoms with van der Waals surface area (Å²) in [6.07, 6.45) is 3.60. The fraction of sp³-hybridized carbons (Fsp3) is 0.312. The molecule has 1 aliphatic rings. The molecule has 1 atom stereocenters. The first-order chi connectivity index (χ1) is 17.8. The number of aliphatic hydroxyl groups excluding tert-OH is 1. The molecule has 3 aromatic carbocycles. The normalized spacial score (nSPS) is 15.8. The first-order valence-corrected chi connectivity index (χ1v) is 12.9. The number of aromatic nitrogens is 1. The second-order valence-electron chi connectivity index (χ2n) is 10.7. The van der Waals surface area contributed by atoms with Crippen LogP contribution in [0, 0.1) is 6.92 Å². The van der Waals surface area contributed by atoms with Crippen LogP contribution in [0.5, 0.6) is 0 Å². The molecule has 0 amide bonds. The first kappa shape index (κ1) is 25.0. The number of aliphatic carboxylic acids is 1. The fourth-order valence-electron chi connectivity index (χ4n) is 5.30. The Hall–Kier alpha value is -3.70. The van der Waals surface area contributed by atoms with Gasteiger partial charge in [-0.1, -0.05) is 90.9 Å². The van der Waals surface area contributed by atoms with E-state index in [0.717, 1.165) is 70.5 Å². The maximum absolute atomic E-state index is 11.2. The highest BCUT2D eigenvalue weighted by molar-refractivity contribution is 5.72. The Morgan fingerprint density at radius 1 is 0.946 bits per heavy atom. The smallest absolute Gasteiger partial charge is 0.304 e. The Kier molecular flexibility index (Phi) is 6.74. The third-order valence-electron chi connectivity index (χ3n) is 8.05. The second kappa shape index (κ2) is 9.98. The van der Waals surface area contributed by atoms with Crippen LogP contribution >= 0.6 is 0 Å². The van der Waals surface area contributed by atoms with Crippen LogP contribution in [-0.4, -0.2) is 27.9 Å². The first-order valence-electron chi connectivity index (χ1n) is 12.9. The van der Waals surface area contributed by atoms with E-state index in [0.29, 0.717) is 0 Å². The Bertz CT molecular complexity index is 1370. The van der Waals surface area contributed by atoms with Crippen molar-refractivity contribution < 1.29 is 19.5 Å². The standard InChI is InChI=1S/C32H33NO4/c1-22-28(16-17-31(2,21-34)26-6-4-3-5-7-26)30(37-33-22)25-10-8-23(9-11-25)24-12-14-27(15-13-24)32(18-19-32)20-29(35)36/h3-15,34H,16-21H2,1-2H3,(H,35,36). The van der Waals surface area contributed by atoms with E-state index in [1.165, 1.54) is 0 Å². The summed E-state index contributed by atoms with van der Waals surface area (Å²) in [4.78, 5) is 11.2. The molecule has 0 saturated heterocycles. The van der Waals surface area contributed by atoms with Crippen molar-refractivity contribution in [1.29, 1.82) is 0 Å². The molecule has 1 aromatic heterocycles. The summed E-state index contributed by atoms with van der Waals surface area (Å²) in [6.45, 7) is 4.13. The Labute approximate surface area is 217 Å². The lowest BCUT2D eigenvalue weighted by Crippen LogP contribution is -2.27. The molecule has 0 aliphatic heterocycles. The van der Waals surface area contributed by atoms with Crippen LogP contribution in [0.2, 0.25) is 0 Å². The monoisotopic (exact) mass is 495 g/mol. The average molecular weight is 496 g/mol. The van der Waals surface area contributed by atoms with Gasteiger partial charge in [0.1, 0.15) is 0 Å². The summed E-state index contributed by atoms with van der Waals surface area (Å²) in [6, 6.07) is 26.7. The number of carbonyl (C=O) groups is 1. The van der Waals surface area contributed by atoms with Gasteiger partial charge in [0.25, 0.3) is 0 Å². The van der Waals surface area contributed by atoms with Crippen LogP contribution in [0.3, 0.4) is 0 Å². The van der Waals surface area contributed by atoms with Gasteiger partial charge in [0, 0.05) is 22.0 Å². The lowest BCUT2D eigenvalue weighted by atomic mass is 9.78. The van der Waals surface area contributed by atoms with E-state index in [1.807, 2.05) is 25.1 Å². The second-order valence-corrected chi connectivity index (χ2v) is 10.7. The highest BCUT2D eigenvalue weighted by Crippen LogP contribution is 2.51. The van der Waals surface area contributed by atoms with E-state index in [1.54, 1.807) is 0 Å². The molecule has 5 nitrogen and oxygen atoms in total. The number of hydrogen-bond donors (Lipinski definition) is 2. The van der Waals surface area contributed by atoms with Crippen LogP contribution in [-0.2, 0) is 22.0 Å². The number of nitrogens with zero attached hydrogens (tertiary/aromatic N) is 1. The molecule has 5 rings (SSSR count). The fourth-order valence-corrected chi connectivity index (χ4v) is 5.30. The Balaban J connectivity index is 1.33. The topological polar surface area (TPSA) is 83.6 Å². The van der Waals surface area contributed by atoms with Crippen LogP contribution in [0.15, 0.2) is 83.4 Å². The van der Waals surface area contributed by atoms with Gasteiger partial charge in [-0.2, -0.15) is 0 Å². The predicted octanol–water partition coefficient (Wildman–Crippen LogP) is 6.71. The van der Waals surface area contributed by atoms with Gasteiger partial charge in [0.2, 0.25) is 0 Å². The van der Waals surface area contributed by atoms with Crippen LogP contribution < -0.4 is 0 Å². The van der Waals surface area contributed by atoms with E-state index in [2.05, 4.69) is 72.7 Å². The number of hydrogen-bond acceptors (Lipinski definition) is 4. The SMILES string of the molecule is Cc1noc(-c2ccc(-c3ccc(C4(CC(=O)O)CC4)cc3)cc2)c1CCC(C)(CO)c1ccccc1. The molecule has 37 heavy (non-hydrogen) atoms. The molecule has 1 saturated carbocycles. The molecule has 5 heteroatoms. The summed E-state index contributed by atoms with van der Waals surface area (Å²) in [5.41, 5.74) is 6.81. The summed E-state index contributed by atoms with van der Waals surface area (Å²) >= 11 is 0. The van der Waals surface area contributed by atoms with Crippen molar-refractivity contribution in [1.82, 2.24) is 5.16 Å². The molecule has 1 heterocycles. The van der Waals surface area contributed by atoms with Crippen LogP contribution in [0.1, 0.15) is 55.0 Å². The minimum atomic E-state index is -0.736. The van der Waals surface area contributed by atoms with E-state index in [9.17, 15) is 15.0 Å². The molecule has 1 unspecified atom stereocenters. The van der Waals surface area contributed by atoms with E-state index >= 15 is 0 Å². The maximum Gasteiger partial charge on any atom is 0.304 e. The molecule has 1 aliphatic carbocycles. The molecule has 4 aromatic rings. The van der Waals surface area contributed by atoms with Gasteiger partial charge in [-0.25, -0.2) is 0 Å². The Morgan fingerprint density at radius 2 is 1.54 bits per heavy atom. The van der Waals surface area contributed by atoms with Gasteiger partial charge in [0.15, 0.2) is 5.76 Å². The molecule has 2 N–H and O–H groups in total. The molecule has 0 bridgehead atoms. The van der Waals surface area contributed by atoms with Crippen molar-refractivity contribution in [3.05, 3.63) is 101 Å². The van der Waals surface area contributed by atoms with Crippen molar-refractivity contribution in [2.24, 2.45) is 0 Å². The van der Waals surface area contributed by atoms with Crippen molar-refractivity contribution in [2.75, 3.05) is 6.61 Å². The number of carboxylic acid groups (broad SMARTS) is 1. The molecule has 190 valence electrons. The average Bonchev–Trinajstić information content (AvgIpc) is 3.61. The highest BCUT2D eigenvalue weighted by atomic mass is 16.5. The summed E-state index contributed by atoms with van der Waals surface area (Å²) < 4.78 is 5.76. The molecular weight excluding hydrogens is 462 g/mol. The highest BCUT2D eigenvalue weighted by Gasteiger charge is 2.45. The van der Waals surface area contributed by atoms with Crippen LogP contribution in [0.25, 0.3) is 22.5 Å². The minimum absolute atomic E-state index is 0.0710. The van der Waals surface area contributed by atoms with Crippen molar-refractivity contribution in [3.8, 4) is 22.5 Å². The van der Waals surface area contributed by atoms with Gasteiger partial charge in [-0.3, -0.25) is 4.79 Å². The summed E-state index contributed by atoms with van der Waals surface area (Å²) in [7, 11) is 0. The quantitative estimate of drug-likeness (QED) is 0.256. The van der Waals surface area contributed by atoms with E-state index in [4.69, 9.17) is 4.52 Å². The van der Waals surface area contributed by atoms with Crippen molar-refractivity contribution in [3.63, 3.8) is 0 Å². The van der Waals surface area contributed by atoms with Gasteiger partial charge >= 0.3 is 5.97 Å². The third kappa shape index (κ3) is 5.09. The molecule has 0 radical (unpaired) electrons. The largest absolute Gasteiger partial charge is 0.481 e. The molecule has 1 fully saturated rings. The molecular formula is C32H33NO4. The zero-order valence-corrected chi connectivity index (χ0v) is 21.4.